The zero-order chi connectivity index (χ0) is 19.2. The summed E-state index contributed by atoms with van der Waals surface area (Å²) in [5, 5.41) is 10.1. The van der Waals surface area contributed by atoms with Crippen LogP contribution in [0.2, 0.25) is 0 Å². The Labute approximate surface area is 161 Å². The van der Waals surface area contributed by atoms with Crippen LogP contribution in [-0.4, -0.2) is 49.0 Å². The van der Waals surface area contributed by atoms with Crippen molar-refractivity contribution in [3.63, 3.8) is 0 Å². The van der Waals surface area contributed by atoms with Crippen LogP contribution < -0.4 is 5.46 Å². The Morgan fingerprint density at radius 2 is 2.08 bits per heavy atom. The summed E-state index contributed by atoms with van der Waals surface area (Å²) in [4.78, 5) is 0.601. The highest BCUT2D eigenvalue weighted by Crippen LogP contribution is 2.25. The molecule has 1 saturated heterocycles. The lowest BCUT2D eigenvalue weighted by atomic mass is 9.82. The van der Waals surface area contributed by atoms with E-state index in [0.717, 1.165) is 31.3 Å². The van der Waals surface area contributed by atoms with Crippen molar-refractivity contribution in [1.29, 1.82) is 0 Å². The van der Waals surface area contributed by atoms with Gasteiger partial charge in [-0.15, -0.1) is 11.8 Å². The standard InChI is InChI=1S/C19H30BFO4S/c1-18(2,22)19(3,4)25-20-14-8-9-16(15(21)13-14)26-12-11-24-17-7-5-6-10-23-17/h8-9,13,17,20,22H,5-7,10-12H2,1-4H3. The van der Waals surface area contributed by atoms with Crippen molar-refractivity contribution in [2.45, 2.75) is 69.3 Å². The molecule has 1 aromatic carbocycles. The van der Waals surface area contributed by atoms with Gasteiger partial charge in [0, 0.05) is 17.3 Å². The number of hydrogen-bond acceptors (Lipinski definition) is 5. The van der Waals surface area contributed by atoms with Crippen molar-refractivity contribution < 1.29 is 23.6 Å². The molecule has 26 heavy (non-hydrogen) atoms. The van der Waals surface area contributed by atoms with Crippen molar-refractivity contribution in [1.82, 2.24) is 0 Å². The average Bonchev–Trinajstić information content (AvgIpc) is 2.58. The first kappa shape index (κ1) is 21.7. The van der Waals surface area contributed by atoms with Gasteiger partial charge in [0.25, 0.3) is 0 Å². The van der Waals surface area contributed by atoms with Gasteiger partial charge in [0.05, 0.1) is 17.8 Å². The minimum Gasteiger partial charge on any atom is -0.427 e. The molecule has 1 N–H and O–H groups in total. The Morgan fingerprint density at radius 3 is 2.69 bits per heavy atom. The number of benzene rings is 1. The molecule has 1 aliphatic rings. The Kier molecular flexibility index (Phi) is 7.98. The first-order valence-corrected chi connectivity index (χ1v) is 10.2. The molecule has 4 nitrogen and oxygen atoms in total. The summed E-state index contributed by atoms with van der Waals surface area (Å²) < 4.78 is 31.3. The van der Waals surface area contributed by atoms with Gasteiger partial charge in [0.15, 0.2) is 6.29 Å². The van der Waals surface area contributed by atoms with Gasteiger partial charge in [-0.05, 0) is 64.6 Å². The van der Waals surface area contributed by atoms with Crippen molar-refractivity contribution in [2.75, 3.05) is 19.0 Å². The molecule has 0 aromatic heterocycles. The van der Waals surface area contributed by atoms with Gasteiger partial charge in [0.1, 0.15) is 5.82 Å². The molecule has 1 unspecified atom stereocenters. The van der Waals surface area contributed by atoms with E-state index in [9.17, 15) is 9.50 Å². The number of ether oxygens (including phenoxy) is 2. The Morgan fingerprint density at radius 1 is 1.31 bits per heavy atom. The molecular weight excluding hydrogens is 354 g/mol. The fourth-order valence-corrected chi connectivity index (χ4v) is 3.13. The maximum absolute atomic E-state index is 14.3. The van der Waals surface area contributed by atoms with Crippen molar-refractivity contribution >= 4 is 24.7 Å². The van der Waals surface area contributed by atoms with Crippen LogP contribution in [0.5, 0.6) is 0 Å². The maximum Gasteiger partial charge on any atom is 0.309 e. The van der Waals surface area contributed by atoms with E-state index >= 15 is 0 Å². The van der Waals surface area contributed by atoms with Crippen LogP contribution in [0.1, 0.15) is 47.0 Å². The molecule has 0 spiro atoms. The highest BCUT2D eigenvalue weighted by atomic mass is 32.2. The van der Waals surface area contributed by atoms with Crippen LogP contribution in [0.3, 0.4) is 0 Å². The second kappa shape index (κ2) is 9.56. The molecule has 2 rings (SSSR count). The third-order valence-electron chi connectivity index (χ3n) is 4.85. The SMILES string of the molecule is CC(C)(O)C(C)(C)OBc1ccc(SCCOC2CCCCO2)c(F)c1. The quantitative estimate of drug-likeness (QED) is 0.403. The van der Waals surface area contributed by atoms with Crippen LogP contribution in [0.4, 0.5) is 4.39 Å². The first-order chi connectivity index (χ1) is 12.2. The summed E-state index contributed by atoms with van der Waals surface area (Å²) in [6.07, 6.45) is 3.07. The van der Waals surface area contributed by atoms with Crippen molar-refractivity contribution in [2.24, 2.45) is 0 Å². The number of rotatable bonds is 9. The maximum atomic E-state index is 14.3. The lowest BCUT2D eigenvalue weighted by Crippen LogP contribution is -2.49. The third kappa shape index (κ3) is 6.53. The van der Waals surface area contributed by atoms with E-state index in [4.69, 9.17) is 14.1 Å². The summed E-state index contributed by atoms with van der Waals surface area (Å²) in [6.45, 7) is 8.36. The largest absolute Gasteiger partial charge is 0.427 e. The zero-order valence-corrected chi connectivity index (χ0v) is 17.0. The number of hydrogen-bond donors (Lipinski definition) is 1. The van der Waals surface area contributed by atoms with Gasteiger partial charge < -0.3 is 19.2 Å². The lowest BCUT2D eigenvalue weighted by Gasteiger charge is -2.37. The Hall–Kier alpha value is -0.595. The predicted molar refractivity (Wildman–Crippen MR) is 105 cm³/mol. The van der Waals surface area contributed by atoms with E-state index < -0.39 is 11.2 Å². The van der Waals surface area contributed by atoms with Crippen LogP contribution in [-0.2, 0) is 14.1 Å². The van der Waals surface area contributed by atoms with E-state index in [1.54, 1.807) is 19.9 Å². The summed E-state index contributed by atoms with van der Waals surface area (Å²) in [5.74, 6) is 0.421. The van der Waals surface area contributed by atoms with Gasteiger partial charge >= 0.3 is 7.48 Å². The number of halogens is 1. The van der Waals surface area contributed by atoms with Crippen LogP contribution in [0.25, 0.3) is 0 Å². The Bertz CT molecular complexity index is 571. The van der Waals surface area contributed by atoms with Crippen molar-refractivity contribution in [3.8, 4) is 0 Å². The fourth-order valence-electron chi connectivity index (χ4n) is 2.37. The molecule has 0 aliphatic carbocycles. The minimum absolute atomic E-state index is 0.104. The first-order valence-electron chi connectivity index (χ1n) is 9.20. The zero-order valence-electron chi connectivity index (χ0n) is 16.2. The molecule has 1 heterocycles. The van der Waals surface area contributed by atoms with E-state index in [0.29, 0.717) is 17.3 Å². The third-order valence-corrected chi connectivity index (χ3v) is 5.86. The topological polar surface area (TPSA) is 47.9 Å². The minimum atomic E-state index is -0.983. The second-order valence-electron chi connectivity index (χ2n) is 7.64. The Balaban J connectivity index is 1.77. The summed E-state index contributed by atoms with van der Waals surface area (Å²) >= 11 is 1.44. The average molecular weight is 384 g/mol. The van der Waals surface area contributed by atoms with Gasteiger partial charge in [0.2, 0.25) is 0 Å². The molecular formula is C19H30BFO4S. The summed E-state index contributed by atoms with van der Waals surface area (Å²) in [5.41, 5.74) is -0.963. The van der Waals surface area contributed by atoms with E-state index in [1.165, 1.54) is 17.8 Å². The molecule has 0 saturated carbocycles. The van der Waals surface area contributed by atoms with E-state index in [2.05, 4.69) is 0 Å². The molecule has 1 fully saturated rings. The van der Waals surface area contributed by atoms with Crippen molar-refractivity contribution in [3.05, 3.63) is 24.0 Å². The normalized spacial score (nSPS) is 18.8. The molecule has 0 radical (unpaired) electrons. The number of thioether (sulfide) groups is 1. The molecule has 7 heteroatoms. The van der Waals surface area contributed by atoms with Gasteiger partial charge in [-0.1, -0.05) is 6.07 Å². The molecule has 1 aliphatic heterocycles. The predicted octanol–water partition coefficient (Wildman–Crippen LogP) is 3.00. The second-order valence-corrected chi connectivity index (χ2v) is 8.77. The molecule has 1 atom stereocenters. The molecule has 0 amide bonds. The number of aliphatic hydroxyl groups is 1. The lowest BCUT2D eigenvalue weighted by molar-refractivity contribution is -0.158. The van der Waals surface area contributed by atoms with E-state index in [-0.39, 0.29) is 19.6 Å². The van der Waals surface area contributed by atoms with E-state index in [1.807, 2.05) is 19.9 Å². The van der Waals surface area contributed by atoms with Crippen LogP contribution >= 0.6 is 11.8 Å². The molecule has 1 aromatic rings. The van der Waals surface area contributed by atoms with Gasteiger partial charge in [-0.2, -0.15) is 0 Å². The summed E-state index contributed by atoms with van der Waals surface area (Å²) in [6, 6.07) is 5.12. The summed E-state index contributed by atoms with van der Waals surface area (Å²) in [7, 11) is 0.251. The fraction of sp³-hybridized carbons (Fsp3) is 0.684. The monoisotopic (exact) mass is 384 g/mol. The highest BCUT2D eigenvalue weighted by molar-refractivity contribution is 7.99. The molecule has 146 valence electrons. The highest BCUT2D eigenvalue weighted by Gasteiger charge is 2.35. The van der Waals surface area contributed by atoms with Crippen LogP contribution in [0, 0.1) is 5.82 Å². The molecule has 0 bridgehead atoms. The smallest absolute Gasteiger partial charge is 0.309 e. The van der Waals surface area contributed by atoms with Gasteiger partial charge in [-0.25, -0.2) is 4.39 Å². The van der Waals surface area contributed by atoms with Crippen LogP contribution in [0.15, 0.2) is 23.1 Å². The van der Waals surface area contributed by atoms with Gasteiger partial charge in [-0.3, -0.25) is 0 Å².